The summed E-state index contributed by atoms with van der Waals surface area (Å²) in [5.74, 6) is 1.38. The molecule has 156 valence electrons. The normalized spacial score (nSPS) is 15.1. The molecule has 1 aliphatic rings. The van der Waals surface area contributed by atoms with Crippen molar-refractivity contribution >= 4 is 29.4 Å². The second kappa shape index (κ2) is 9.01. The van der Waals surface area contributed by atoms with Gasteiger partial charge in [-0.15, -0.1) is 11.8 Å². The lowest BCUT2D eigenvalue weighted by Crippen LogP contribution is -2.27. The Morgan fingerprint density at radius 2 is 2.17 bits per heavy atom. The van der Waals surface area contributed by atoms with E-state index in [-0.39, 0.29) is 17.2 Å². The molecule has 3 heterocycles. The van der Waals surface area contributed by atoms with Gasteiger partial charge in [-0.1, -0.05) is 18.7 Å². The summed E-state index contributed by atoms with van der Waals surface area (Å²) in [5, 5.41) is 3.63. The molecule has 0 bridgehead atoms. The Bertz CT molecular complexity index is 1090. The zero-order valence-corrected chi connectivity index (χ0v) is 18.2. The molecule has 0 fully saturated rings. The van der Waals surface area contributed by atoms with E-state index in [9.17, 15) is 9.59 Å². The summed E-state index contributed by atoms with van der Waals surface area (Å²) in [5.41, 5.74) is 1.40. The lowest BCUT2D eigenvalue weighted by molar-refractivity contribution is -0.118. The quantitative estimate of drug-likeness (QED) is 0.443. The first kappa shape index (κ1) is 20.6. The van der Waals surface area contributed by atoms with E-state index in [1.165, 1.54) is 11.8 Å². The Hall–Kier alpha value is -2.65. The van der Waals surface area contributed by atoms with Gasteiger partial charge in [-0.3, -0.25) is 14.2 Å². The number of carbonyl (C=O) groups is 1. The molecule has 1 unspecified atom stereocenters. The van der Waals surface area contributed by atoms with Gasteiger partial charge >= 0.3 is 0 Å². The summed E-state index contributed by atoms with van der Waals surface area (Å²) >= 11 is 2.80. The van der Waals surface area contributed by atoms with Crippen molar-refractivity contribution in [1.29, 1.82) is 0 Å². The summed E-state index contributed by atoms with van der Waals surface area (Å²) in [7, 11) is 1.60. The summed E-state index contributed by atoms with van der Waals surface area (Å²) in [6.07, 6.45) is 2.31. The van der Waals surface area contributed by atoms with E-state index >= 15 is 0 Å². The fraction of sp³-hybridized carbons (Fsp3) is 0.286. The van der Waals surface area contributed by atoms with Crippen molar-refractivity contribution in [3.8, 4) is 11.4 Å². The molecule has 0 radical (unpaired) electrons. The lowest BCUT2D eigenvalue weighted by Gasteiger charge is -2.14. The van der Waals surface area contributed by atoms with Crippen LogP contribution in [0.1, 0.15) is 18.4 Å². The highest BCUT2D eigenvalue weighted by atomic mass is 32.2. The van der Waals surface area contributed by atoms with Crippen molar-refractivity contribution in [3.63, 3.8) is 0 Å². The minimum Gasteiger partial charge on any atom is -0.497 e. The number of fused-ring (bicyclic) bond motifs is 1. The number of benzene rings is 1. The number of aromatic nitrogens is 2. The Balaban J connectivity index is 1.59. The molecule has 4 rings (SSSR count). The zero-order chi connectivity index (χ0) is 21.1. The maximum atomic E-state index is 13.3. The van der Waals surface area contributed by atoms with E-state index in [4.69, 9.17) is 14.1 Å². The number of nitrogens with one attached hydrogen (secondary N) is 1. The van der Waals surface area contributed by atoms with Crippen molar-refractivity contribution in [2.45, 2.75) is 35.2 Å². The van der Waals surface area contributed by atoms with Crippen LogP contribution >= 0.6 is 23.5 Å². The number of nitrogens with zero attached hydrogens (tertiary/aromatic N) is 2. The number of rotatable bonds is 7. The third kappa shape index (κ3) is 4.41. The van der Waals surface area contributed by atoms with Gasteiger partial charge in [0.2, 0.25) is 5.91 Å². The van der Waals surface area contributed by atoms with E-state index < -0.39 is 0 Å². The monoisotopic (exact) mass is 443 g/mol. The minimum atomic E-state index is -0.157. The summed E-state index contributed by atoms with van der Waals surface area (Å²) in [6.45, 7) is 2.40. The molecule has 9 heteroatoms. The van der Waals surface area contributed by atoms with Gasteiger partial charge in [0, 0.05) is 11.7 Å². The molecule has 0 saturated heterocycles. The molecule has 1 aliphatic heterocycles. The topological polar surface area (TPSA) is 86.4 Å². The fourth-order valence-electron chi connectivity index (χ4n) is 3.14. The highest BCUT2D eigenvalue weighted by Crippen LogP contribution is 2.35. The second-order valence-corrected chi connectivity index (χ2v) is 9.18. The van der Waals surface area contributed by atoms with Crippen molar-refractivity contribution in [2.24, 2.45) is 0 Å². The van der Waals surface area contributed by atoms with Gasteiger partial charge in [0.25, 0.3) is 5.56 Å². The van der Waals surface area contributed by atoms with Gasteiger partial charge in [0.15, 0.2) is 5.16 Å². The maximum absolute atomic E-state index is 13.3. The molecule has 1 atom stereocenters. The first-order chi connectivity index (χ1) is 14.5. The van der Waals surface area contributed by atoms with Crippen molar-refractivity contribution in [1.82, 2.24) is 14.9 Å². The average Bonchev–Trinajstić information content (AvgIpc) is 3.40. The number of carbonyl (C=O) groups excluding carboxylic acids is 1. The Morgan fingerprint density at radius 3 is 2.87 bits per heavy atom. The van der Waals surface area contributed by atoms with Crippen LogP contribution in [0.3, 0.4) is 0 Å². The molecular weight excluding hydrogens is 422 g/mol. The van der Waals surface area contributed by atoms with Gasteiger partial charge in [-0.2, -0.15) is 0 Å². The van der Waals surface area contributed by atoms with Crippen LogP contribution in [0.15, 0.2) is 61.9 Å². The second-order valence-electron chi connectivity index (χ2n) is 6.79. The smallest absolute Gasteiger partial charge is 0.272 e. The van der Waals surface area contributed by atoms with Gasteiger partial charge in [-0.05, 0) is 36.4 Å². The Morgan fingerprint density at radius 1 is 1.37 bits per heavy atom. The van der Waals surface area contributed by atoms with Gasteiger partial charge in [-0.25, -0.2) is 4.98 Å². The number of methoxy groups -OCH3 is 1. The molecule has 0 spiro atoms. The standard InChI is InChI=1S/C21H21N3O4S2/c1-13-10-17-19(30-13)20(26)24(14-5-7-15(27-2)8-6-14)21(23-17)29-12-18(25)22-11-16-4-3-9-28-16/h3-9,13H,10-12H2,1-2H3,(H,22,25). The summed E-state index contributed by atoms with van der Waals surface area (Å²) < 4.78 is 12.0. The van der Waals surface area contributed by atoms with Crippen molar-refractivity contribution < 1.29 is 13.9 Å². The van der Waals surface area contributed by atoms with Gasteiger partial charge in [0.1, 0.15) is 11.5 Å². The van der Waals surface area contributed by atoms with E-state index in [2.05, 4.69) is 12.2 Å². The third-order valence-electron chi connectivity index (χ3n) is 4.58. The van der Waals surface area contributed by atoms with Gasteiger partial charge < -0.3 is 14.5 Å². The zero-order valence-electron chi connectivity index (χ0n) is 16.6. The highest BCUT2D eigenvalue weighted by Gasteiger charge is 2.27. The number of hydrogen-bond acceptors (Lipinski definition) is 7. The molecule has 0 saturated carbocycles. The molecule has 7 nitrogen and oxygen atoms in total. The van der Waals surface area contributed by atoms with E-state index in [1.807, 2.05) is 12.1 Å². The van der Waals surface area contributed by atoms with Crippen LogP contribution in [-0.4, -0.2) is 33.6 Å². The van der Waals surface area contributed by atoms with Crippen LogP contribution < -0.4 is 15.6 Å². The fourth-order valence-corrected chi connectivity index (χ4v) is 5.09. The maximum Gasteiger partial charge on any atom is 0.272 e. The summed E-state index contributed by atoms with van der Waals surface area (Å²) in [6, 6.07) is 10.8. The molecule has 1 aromatic carbocycles. The molecule has 3 aromatic rings. The number of ether oxygens (including phenoxy) is 1. The average molecular weight is 444 g/mol. The first-order valence-corrected chi connectivity index (χ1v) is 11.3. The molecular formula is C21H21N3O4S2. The number of furan rings is 1. The van der Waals surface area contributed by atoms with Crippen LogP contribution in [0.4, 0.5) is 0 Å². The lowest BCUT2D eigenvalue weighted by atomic mass is 10.2. The predicted molar refractivity (Wildman–Crippen MR) is 117 cm³/mol. The SMILES string of the molecule is COc1ccc(-n2c(SCC(=O)NCc3ccco3)nc3c(c2=O)SC(C)C3)cc1. The van der Waals surface area contributed by atoms with Crippen molar-refractivity contribution in [2.75, 3.05) is 12.9 Å². The predicted octanol–water partition coefficient (Wildman–Crippen LogP) is 3.28. The number of amides is 1. The van der Waals surface area contributed by atoms with E-state index in [0.717, 1.165) is 12.1 Å². The molecule has 1 amide bonds. The highest BCUT2D eigenvalue weighted by molar-refractivity contribution is 8.00. The number of thioether (sulfide) groups is 2. The third-order valence-corrected chi connectivity index (χ3v) is 6.74. The van der Waals surface area contributed by atoms with Crippen LogP contribution in [0.2, 0.25) is 0 Å². The van der Waals surface area contributed by atoms with Crippen LogP contribution in [0, 0.1) is 0 Å². The van der Waals surface area contributed by atoms with Crippen LogP contribution in [-0.2, 0) is 17.8 Å². The Kier molecular flexibility index (Phi) is 6.19. The van der Waals surface area contributed by atoms with Crippen molar-refractivity contribution in [3.05, 3.63) is 64.5 Å². The largest absolute Gasteiger partial charge is 0.497 e. The number of hydrogen-bond donors (Lipinski definition) is 1. The van der Waals surface area contributed by atoms with E-state index in [1.54, 1.807) is 54.0 Å². The Labute approximate surface area is 182 Å². The molecule has 0 aliphatic carbocycles. The molecule has 2 aromatic heterocycles. The summed E-state index contributed by atoms with van der Waals surface area (Å²) in [4.78, 5) is 31.0. The molecule has 1 N–H and O–H groups in total. The van der Waals surface area contributed by atoms with Crippen LogP contribution in [0.25, 0.3) is 5.69 Å². The molecule has 30 heavy (non-hydrogen) atoms. The van der Waals surface area contributed by atoms with E-state index in [0.29, 0.717) is 39.0 Å². The van der Waals surface area contributed by atoms with Gasteiger partial charge in [0.05, 0.1) is 41.9 Å². The first-order valence-electron chi connectivity index (χ1n) is 9.44. The van der Waals surface area contributed by atoms with Crippen LogP contribution in [0.5, 0.6) is 5.75 Å². The minimum absolute atomic E-state index is 0.0991.